The van der Waals surface area contributed by atoms with Crippen LogP contribution in [0.5, 0.6) is 0 Å². The monoisotopic (exact) mass is 896 g/mol. The molecule has 0 aliphatic rings. The molecule has 0 saturated heterocycles. The van der Waals surface area contributed by atoms with E-state index in [-0.39, 0.29) is 57.4 Å². The van der Waals surface area contributed by atoms with Crippen molar-refractivity contribution in [2.75, 3.05) is 0 Å². The number of furan rings is 2. The summed E-state index contributed by atoms with van der Waals surface area (Å²) < 4.78 is 12.4. The van der Waals surface area contributed by atoms with Crippen LogP contribution in [0, 0.1) is 0 Å². The van der Waals surface area contributed by atoms with Gasteiger partial charge in [0.1, 0.15) is 11.5 Å². The van der Waals surface area contributed by atoms with Crippen molar-refractivity contribution in [1.29, 1.82) is 0 Å². The zero-order chi connectivity index (χ0) is 41.4. The van der Waals surface area contributed by atoms with Crippen LogP contribution in [0.15, 0.2) is 203 Å². The Morgan fingerprint density at radius 3 is 1.05 bits per heavy atom. The molecule has 0 spiro atoms. The van der Waals surface area contributed by atoms with Crippen molar-refractivity contribution in [3.05, 3.63) is 205 Å². The SMILES string of the molecule is CC(C)(C)c1ccc(-c2cccc3[cH-]c(-c4ccc(-c5ccccc5)o4)cc23)cc1.CC(C)(C)c1ccc(-c2cccc3[cH-]c(-c4ccc(-c5ccccc5)o4)cc23)cc1.[Cl-].[Cl-].[Ti+4]. The minimum absolute atomic E-state index is 0. The van der Waals surface area contributed by atoms with Crippen LogP contribution in [0.2, 0.25) is 0 Å². The summed E-state index contributed by atoms with van der Waals surface area (Å²) in [7, 11) is 0. The average Bonchev–Trinajstić information content (AvgIpc) is 4.10. The van der Waals surface area contributed by atoms with Crippen molar-refractivity contribution in [2.45, 2.75) is 52.4 Å². The van der Waals surface area contributed by atoms with Crippen molar-refractivity contribution in [2.24, 2.45) is 0 Å². The molecule has 0 N–H and O–H groups in total. The Hall–Kier alpha value is -5.61. The first kappa shape index (κ1) is 46.9. The molecule has 0 fully saturated rings. The predicted octanol–water partition coefficient (Wildman–Crippen LogP) is 10.9. The number of benzene rings is 6. The van der Waals surface area contributed by atoms with E-state index in [4.69, 9.17) is 8.83 Å². The molecule has 5 heteroatoms. The second-order valence-corrected chi connectivity index (χ2v) is 17.8. The van der Waals surface area contributed by atoms with Gasteiger partial charge in [0.25, 0.3) is 0 Å². The standard InChI is InChI=1S/2C29H25O.2ClH.Ti/c2*1-29(2,3)24-14-12-20(13-15-24)25-11-7-10-22-18-23(19-26(22)25)28-17-16-27(30-28)21-8-5-4-6-9-21;;;/h2*4-19H,1-3H3;2*1H;/q2*-1;;;+4/p-2. The molecule has 0 atom stereocenters. The summed E-state index contributed by atoms with van der Waals surface area (Å²) in [6.45, 7) is 13.5. The van der Waals surface area contributed by atoms with Gasteiger partial charge in [0.2, 0.25) is 0 Å². The molecular weight excluding hydrogens is 847 g/mol. The molecule has 0 aliphatic carbocycles. The molecule has 10 aromatic rings. The van der Waals surface area contributed by atoms with Crippen molar-refractivity contribution in [3.8, 4) is 67.5 Å². The van der Waals surface area contributed by atoms with Crippen molar-refractivity contribution in [1.82, 2.24) is 0 Å². The first-order valence-corrected chi connectivity index (χ1v) is 20.9. The number of hydrogen-bond donors (Lipinski definition) is 0. The number of rotatable bonds is 6. The van der Waals surface area contributed by atoms with E-state index in [9.17, 15) is 0 Å². The van der Waals surface area contributed by atoms with Gasteiger partial charge in [-0.25, -0.2) is 0 Å². The van der Waals surface area contributed by atoms with E-state index in [2.05, 4.69) is 199 Å². The summed E-state index contributed by atoms with van der Waals surface area (Å²) in [6.07, 6.45) is 0. The molecule has 2 nitrogen and oxygen atoms in total. The van der Waals surface area contributed by atoms with E-state index >= 15 is 0 Å². The quantitative estimate of drug-likeness (QED) is 0.123. The summed E-state index contributed by atoms with van der Waals surface area (Å²) in [5.74, 6) is 3.60. The minimum atomic E-state index is 0. The van der Waals surface area contributed by atoms with Gasteiger partial charge in [-0.05, 0) is 57.3 Å². The summed E-state index contributed by atoms with van der Waals surface area (Å²) in [5.41, 5.74) is 12.5. The Balaban J connectivity index is 0.000000200. The molecule has 8 aromatic carbocycles. The van der Waals surface area contributed by atoms with E-state index in [1.165, 1.54) is 54.9 Å². The van der Waals surface area contributed by atoms with Crippen molar-refractivity contribution >= 4 is 21.5 Å². The molecule has 10 rings (SSSR count). The number of halogens is 2. The third kappa shape index (κ3) is 10.1. The number of hydrogen-bond acceptors (Lipinski definition) is 2. The summed E-state index contributed by atoms with van der Waals surface area (Å²) in [5, 5.41) is 4.99. The van der Waals surface area contributed by atoms with Gasteiger partial charge in [-0.3, -0.25) is 0 Å². The molecule has 312 valence electrons. The van der Waals surface area contributed by atoms with Gasteiger partial charge in [-0.2, -0.15) is 0 Å². The topological polar surface area (TPSA) is 26.3 Å². The van der Waals surface area contributed by atoms with Crippen LogP contribution in [-0.2, 0) is 32.5 Å². The third-order valence-corrected chi connectivity index (χ3v) is 11.5. The van der Waals surface area contributed by atoms with Gasteiger partial charge in [-0.1, -0.05) is 197 Å². The predicted molar refractivity (Wildman–Crippen MR) is 254 cm³/mol. The fraction of sp³-hybridized carbons (Fsp3) is 0.138. The number of fused-ring (bicyclic) bond motifs is 2. The van der Waals surface area contributed by atoms with Crippen LogP contribution in [0.4, 0.5) is 0 Å². The molecule has 63 heavy (non-hydrogen) atoms. The van der Waals surface area contributed by atoms with Crippen LogP contribution in [0.25, 0.3) is 89.1 Å². The van der Waals surface area contributed by atoms with Crippen LogP contribution in [0.3, 0.4) is 0 Å². The van der Waals surface area contributed by atoms with E-state index in [0.717, 1.165) is 45.3 Å². The van der Waals surface area contributed by atoms with Crippen LogP contribution in [-0.4, -0.2) is 0 Å². The molecule has 0 unspecified atom stereocenters. The fourth-order valence-electron chi connectivity index (χ4n) is 8.06. The van der Waals surface area contributed by atoms with Gasteiger partial charge < -0.3 is 33.6 Å². The van der Waals surface area contributed by atoms with Crippen molar-refractivity contribution in [3.63, 3.8) is 0 Å². The Bertz CT molecular complexity index is 2810. The zero-order valence-corrected chi connectivity index (χ0v) is 39.6. The molecule has 2 aromatic heterocycles. The molecule has 0 radical (unpaired) electrons. The molecule has 2 heterocycles. The van der Waals surface area contributed by atoms with E-state index in [0.29, 0.717) is 0 Å². The molecule has 0 bridgehead atoms. The maximum atomic E-state index is 6.18. The second kappa shape index (κ2) is 19.4. The maximum Gasteiger partial charge on any atom is 4.00 e. The van der Waals surface area contributed by atoms with Crippen LogP contribution in [0.1, 0.15) is 52.7 Å². The Morgan fingerprint density at radius 2 is 0.698 bits per heavy atom. The van der Waals surface area contributed by atoms with Gasteiger partial charge in [0.05, 0.1) is 11.5 Å². The second-order valence-electron chi connectivity index (χ2n) is 17.8. The Morgan fingerprint density at radius 1 is 0.349 bits per heavy atom. The first-order valence-electron chi connectivity index (χ1n) is 20.9. The van der Waals surface area contributed by atoms with Crippen LogP contribution < -0.4 is 24.8 Å². The fourth-order valence-corrected chi connectivity index (χ4v) is 8.06. The first-order chi connectivity index (χ1) is 29.0. The normalized spacial score (nSPS) is 11.3. The zero-order valence-electron chi connectivity index (χ0n) is 36.5. The molecule has 0 amide bonds. The van der Waals surface area contributed by atoms with Crippen LogP contribution >= 0.6 is 0 Å². The van der Waals surface area contributed by atoms with E-state index in [1.54, 1.807) is 0 Å². The minimum Gasteiger partial charge on any atom is -1.00 e. The van der Waals surface area contributed by atoms with E-state index in [1.807, 2.05) is 36.4 Å². The molecular formula is C58H50Cl2O2Ti. The molecule has 0 saturated carbocycles. The summed E-state index contributed by atoms with van der Waals surface area (Å²) in [4.78, 5) is 0. The average molecular weight is 898 g/mol. The smallest absolute Gasteiger partial charge is 1.00 e. The Labute approximate surface area is 399 Å². The van der Waals surface area contributed by atoms with Crippen molar-refractivity contribution < 1.29 is 55.4 Å². The summed E-state index contributed by atoms with van der Waals surface area (Å²) >= 11 is 0. The molecule has 0 aliphatic heterocycles. The van der Waals surface area contributed by atoms with Gasteiger partial charge in [0.15, 0.2) is 0 Å². The van der Waals surface area contributed by atoms with Gasteiger partial charge in [-0.15, -0.1) is 57.9 Å². The Kier molecular flexibility index (Phi) is 14.5. The van der Waals surface area contributed by atoms with E-state index < -0.39 is 0 Å². The van der Waals surface area contributed by atoms with Gasteiger partial charge >= 0.3 is 21.7 Å². The summed E-state index contributed by atoms with van der Waals surface area (Å²) in [6, 6.07) is 68.6. The third-order valence-electron chi connectivity index (χ3n) is 11.5. The maximum absolute atomic E-state index is 6.18. The largest absolute Gasteiger partial charge is 4.00 e. The van der Waals surface area contributed by atoms with Gasteiger partial charge in [0, 0.05) is 11.1 Å².